The quantitative estimate of drug-likeness (QED) is 0.496. The van der Waals surface area contributed by atoms with Crippen LogP contribution in [0.25, 0.3) is 0 Å². The van der Waals surface area contributed by atoms with Crippen molar-refractivity contribution in [2.24, 2.45) is 0 Å². The van der Waals surface area contributed by atoms with Gasteiger partial charge in [0.2, 0.25) is 0 Å². The molecule has 0 aliphatic carbocycles. The molecule has 0 radical (unpaired) electrons. The van der Waals surface area contributed by atoms with Gasteiger partial charge in [0.15, 0.2) is 0 Å². The third kappa shape index (κ3) is 5.07. The van der Waals surface area contributed by atoms with Crippen molar-refractivity contribution in [2.75, 3.05) is 32.0 Å². The lowest BCUT2D eigenvalue weighted by molar-refractivity contribution is 0.0484. The number of benzene rings is 2. The van der Waals surface area contributed by atoms with Crippen molar-refractivity contribution in [2.45, 2.75) is 25.2 Å². The number of nitrogens with two attached hydrogens (primary N) is 1. The Bertz CT molecular complexity index is 662. The van der Waals surface area contributed by atoms with Crippen molar-refractivity contribution in [1.29, 1.82) is 0 Å². The summed E-state index contributed by atoms with van der Waals surface area (Å²) in [7, 11) is 0. The first kappa shape index (κ1) is 17.5. The second-order valence-electron chi connectivity index (χ2n) is 6.64. The molecule has 25 heavy (non-hydrogen) atoms. The number of carbonyl (C=O) groups excluding carboxylic acids is 1. The van der Waals surface area contributed by atoms with Gasteiger partial charge < -0.3 is 15.4 Å². The maximum Gasteiger partial charge on any atom is 0.338 e. The van der Waals surface area contributed by atoms with E-state index in [4.69, 9.17) is 10.5 Å². The number of piperidine rings is 1. The van der Waals surface area contributed by atoms with Crippen LogP contribution in [-0.2, 0) is 4.74 Å². The summed E-state index contributed by atoms with van der Waals surface area (Å²) in [6.45, 7) is 3.68. The summed E-state index contributed by atoms with van der Waals surface area (Å²) in [6.07, 6.45) is 3.28. The number of hydrogen-bond acceptors (Lipinski definition) is 4. The number of ether oxygens (including phenoxy) is 1. The molecule has 0 atom stereocenters. The number of likely N-dealkylation sites (tertiary alicyclic amines) is 1. The van der Waals surface area contributed by atoms with Gasteiger partial charge in [-0.25, -0.2) is 4.79 Å². The van der Waals surface area contributed by atoms with E-state index in [1.54, 1.807) is 24.3 Å². The monoisotopic (exact) mass is 338 g/mol. The topological polar surface area (TPSA) is 55.6 Å². The first-order valence-corrected chi connectivity index (χ1v) is 9.02. The van der Waals surface area contributed by atoms with Gasteiger partial charge in [-0.15, -0.1) is 0 Å². The Balaban J connectivity index is 1.34. The van der Waals surface area contributed by atoms with Crippen LogP contribution < -0.4 is 5.73 Å². The standard InChI is InChI=1S/C21H26N2O2/c22-20-9-7-19(8-10-20)21(24)25-16-4-13-23-14-11-18(12-15-23)17-5-2-1-3-6-17/h1-3,5-10,18H,4,11-16,22H2. The maximum absolute atomic E-state index is 11.9. The average molecular weight is 338 g/mol. The Kier molecular flexibility index (Phi) is 6.07. The molecule has 1 aliphatic rings. The minimum atomic E-state index is -0.275. The predicted molar refractivity (Wildman–Crippen MR) is 101 cm³/mol. The van der Waals surface area contributed by atoms with Gasteiger partial charge in [0, 0.05) is 12.2 Å². The van der Waals surface area contributed by atoms with E-state index in [1.165, 1.54) is 18.4 Å². The molecule has 132 valence electrons. The van der Waals surface area contributed by atoms with E-state index in [-0.39, 0.29) is 5.97 Å². The fraction of sp³-hybridized carbons (Fsp3) is 0.381. The summed E-state index contributed by atoms with van der Waals surface area (Å²) in [6, 6.07) is 17.6. The highest BCUT2D eigenvalue weighted by Gasteiger charge is 2.20. The van der Waals surface area contributed by atoms with Gasteiger partial charge in [-0.3, -0.25) is 0 Å². The van der Waals surface area contributed by atoms with Crippen molar-refractivity contribution in [3.63, 3.8) is 0 Å². The molecule has 2 N–H and O–H groups in total. The van der Waals surface area contributed by atoms with Crippen molar-refractivity contribution < 1.29 is 9.53 Å². The van der Waals surface area contributed by atoms with Gasteiger partial charge in [-0.1, -0.05) is 30.3 Å². The van der Waals surface area contributed by atoms with Gasteiger partial charge in [0.25, 0.3) is 0 Å². The summed E-state index contributed by atoms with van der Waals surface area (Å²) in [4.78, 5) is 14.4. The van der Waals surface area contributed by atoms with Crippen LogP contribution in [0.1, 0.15) is 41.1 Å². The number of esters is 1. The zero-order valence-corrected chi connectivity index (χ0v) is 14.6. The SMILES string of the molecule is Nc1ccc(C(=O)OCCCN2CCC(c3ccccc3)CC2)cc1. The molecule has 0 bridgehead atoms. The third-order valence-corrected chi connectivity index (χ3v) is 4.86. The number of rotatable bonds is 6. The summed E-state index contributed by atoms with van der Waals surface area (Å²) < 4.78 is 5.34. The molecule has 0 saturated carbocycles. The fourth-order valence-electron chi connectivity index (χ4n) is 3.37. The highest BCUT2D eigenvalue weighted by atomic mass is 16.5. The van der Waals surface area contributed by atoms with Crippen LogP contribution in [0.3, 0.4) is 0 Å². The first-order chi connectivity index (χ1) is 12.2. The molecule has 2 aromatic carbocycles. The molecule has 1 aliphatic heterocycles. The van der Waals surface area contributed by atoms with Crippen LogP contribution >= 0.6 is 0 Å². The molecule has 4 nitrogen and oxygen atoms in total. The molecule has 0 amide bonds. The number of carbonyl (C=O) groups is 1. The van der Waals surface area contributed by atoms with Crippen LogP contribution in [0.15, 0.2) is 54.6 Å². The molecular formula is C21H26N2O2. The van der Waals surface area contributed by atoms with Gasteiger partial charge in [0.1, 0.15) is 0 Å². The Morgan fingerprint density at radius 3 is 2.40 bits per heavy atom. The molecule has 0 unspecified atom stereocenters. The van der Waals surface area contributed by atoms with Crippen LogP contribution in [0, 0.1) is 0 Å². The van der Waals surface area contributed by atoms with Gasteiger partial charge >= 0.3 is 5.97 Å². The van der Waals surface area contributed by atoms with Crippen LogP contribution in [0.2, 0.25) is 0 Å². The van der Waals surface area contributed by atoms with Crippen molar-refractivity contribution >= 4 is 11.7 Å². The molecule has 4 heteroatoms. The summed E-state index contributed by atoms with van der Waals surface area (Å²) >= 11 is 0. The third-order valence-electron chi connectivity index (χ3n) is 4.86. The van der Waals surface area contributed by atoms with Gasteiger partial charge in [-0.2, -0.15) is 0 Å². The van der Waals surface area contributed by atoms with E-state index in [2.05, 4.69) is 35.2 Å². The number of nitrogens with zero attached hydrogens (tertiary/aromatic N) is 1. The fourth-order valence-corrected chi connectivity index (χ4v) is 3.37. The smallest absolute Gasteiger partial charge is 0.338 e. The average Bonchev–Trinajstić information content (AvgIpc) is 2.67. The Hall–Kier alpha value is -2.33. The van der Waals surface area contributed by atoms with Gasteiger partial charge in [-0.05, 0) is 68.1 Å². The lowest BCUT2D eigenvalue weighted by Gasteiger charge is -2.32. The van der Waals surface area contributed by atoms with Crippen LogP contribution in [-0.4, -0.2) is 37.1 Å². The molecule has 1 fully saturated rings. The summed E-state index contributed by atoms with van der Waals surface area (Å²) in [5, 5.41) is 0. The number of hydrogen-bond donors (Lipinski definition) is 1. The lowest BCUT2D eigenvalue weighted by atomic mass is 9.89. The van der Waals surface area contributed by atoms with E-state index in [0.29, 0.717) is 23.8 Å². The van der Waals surface area contributed by atoms with Gasteiger partial charge in [0.05, 0.1) is 12.2 Å². The minimum absolute atomic E-state index is 0.275. The normalized spacial score (nSPS) is 15.8. The van der Waals surface area contributed by atoms with E-state index in [9.17, 15) is 4.79 Å². The largest absolute Gasteiger partial charge is 0.462 e. The zero-order valence-electron chi connectivity index (χ0n) is 14.6. The van der Waals surface area contributed by atoms with Crippen LogP contribution in [0.4, 0.5) is 5.69 Å². The van der Waals surface area contributed by atoms with E-state index in [1.807, 2.05) is 0 Å². The highest BCUT2D eigenvalue weighted by molar-refractivity contribution is 5.89. The molecule has 2 aromatic rings. The summed E-state index contributed by atoms with van der Waals surface area (Å²) in [5.41, 5.74) is 8.28. The van der Waals surface area contributed by atoms with Crippen molar-refractivity contribution in [1.82, 2.24) is 4.90 Å². The second-order valence-corrected chi connectivity index (χ2v) is 6.64. The second kappa shape index (κ2) is 8.67. The Morgan fingerprint density at radius 2 is 1.72 bits per heavy atom. The summed E-state index contributed by atoms with van der Waals surface area (Å²) in [5.74, 6) is 0.406. The molecule has 3 rings (SSSR count). The minimum Gasteiger partial charge on any atom is -0.462 e. The zero-order chi connectivity index (χ0) is 17.5. The number of anilines is 1. The highest BCUT2D eigenvalue weighted by Crippen LogP contribution is 2.27. The molecule has 1 heterocycles. The van der Waals surface area contributed by atoms with Crippen molar-refractivity contribution in [3.8, 4) is 0 Å². The van der Waals surface area contributed by atoms with Crippen LogP contribution in [0.5, 0.6) is 0 Å². The lowest BCUT2D eigenvalue weighted by Crippen LogP contribution is -2.34. The maximum atomic E-state index is 11.9. The Labute approximate surface area is 149 Å². The molecule has 1 saturated heterocycles. The molecule has 0 aromatic heterocycles. The Morgan fingerprint density at radius 1 is 1.04 bits per heavy atom. The predicted octanol–water partition coefficient (Wildman–Crippen LogP) is 3.70. The number of nitrogen functional groups attached to an aromatic ring is 1. The molecule has 0 spiro atoms. The molecular weight excluding hydrogens is 312 g/mol. The first-order valence-electron chi connectivity index (χ1n) is 9.02. The van der Waals surface area contributed by atoms with E-state index >= 15 is 0 Å². The van der Waals surface area contributed by atoms with E-state index in [0.717, 1.165) is 26.1 Å². The van der Waals surface area contributed by atoms with Crippen molar-refractivity contribution in [3.05, 3.63) is 65.7 Å². The van der Waals surface area contributed by atoms with E-state index < -0.39 is 0 Å².